The maximum Gasteiger partial charge on any atom is 0.355 e. The third-order valence-corrected chi connectivity index (χ3v) is 5.25. The van der Waals surface area contributed by atoms with Crippen LogP contribution in [0.1, 0.15) is 44.6 Å². The Morgan fingerprint density at radius 1 is 1.14 bits per heavy atom. The Hall–Kier alpha value is -2.98. The fourth-order valence-corrected chi connectivity index (χ4v) is 3.44. The van der Waals surface area contributed by atoms with Crippen LogP contribution in [0.15, 0.2) is 29.2 Å². The number of carbonyl (C=O) groups is 3. The molecule has 0 aliphatic carbocycles. The number of nitrogens with one attached hydrogen (secondary N) is 2. The Morgan fingerprint density at radius 2 is 1.76 bits per heavy atom. The zero-order chi connectivity index (χ0) is 21.8. The molecule has 0 aliphatic rings. The van der Waals surface area contributed by atoms with E-state index in [4.69, 9.17) is 9.88 Å². The summed E-state index contributed by atoms with van der Waals surface area (Å²) in [7, 11) is -3.74. The molecule has 0 radical (unpaired) electrons. The van der Waals surface area contributed by atoms with E-state index in [2.05, 4.69) is 10.3 Å². The number of ketones is 1. The zero-order valence-corrected chi connectivity index (χ0v) is 17.2. The second kappa shape index (κ2) is 9.01. The summed E-state index contributed by atoms with van der Waals surface area (Å²) < 4.78 is 27.4. The molecule has 1 aromatic heterocycles. The van der Waals surface area contributed by atoms with Gasteiger partial charge in [0.25, 0.3) is 5.91 Å². The quantitative estimate of drug-likeness (QED) is 0.428. The minimum atomic E-state index is -3.74. The molecular formula is C19H23N3O6S. The molecule has 9 nitrogen and oxygen atoms in total. The average molecular weight is 421 g/mol. The SMILES string of the molecule is CC(=O)c1c(C)[nH]c(C(=O)OCC(=O)NCCc2ccc(S(N)(=O)=O)cc2)c1C. The monoisotopic (exact) mass is 421 g/mol. The van der Waals surface area contributed by atoms with Crippen molar-refractivity contribution in [3.63, 3.8) is 0 Å². The number of ether oxygens (including phenoxy) is 1. The van der Waals surface area contributed by atoms with E-state index in [0.29, 0.717) is 23.2 Å². The highest BCUT2D eigenvalue weighted by Crippen LogP contribution is 2.19. The highest BCUT2D eigenvalue weighted by molar-refractivity contribution is 7.89. The number of nitrogens with two attached hydrogens (primary N) is 1. The number of hydrogen-bond acceptors (Lipinski definition) is 6. The summed E-state index contributed by atoms with van der Waals surface area (Å²) in [5, 5.41) is 7.64. The number of esters is 1. The van der Waals surface area contributed by atoms with Crippen molar-refractivity contribution >= 4 is 27.7 Å². The molecule has 0 atom stereocenters. The van der Waals surface area contributed by atoms with Gasteiger partial charge in [-0.1, -0.05) is 12.1 Å². The Bertz CT molecular complexity index is 1040. The molecule has 0 spiro atoms. The largest absolute Gasteiger partial charge is 0.451 e. The van der Waals surface area contributed by atoms with Gasteiger partial charge in [-0.05, 0) is 50.5 Å². The van der Waals surface area contributed by atoms with Gasteiger partial charge in [0.15, 0.2) is 12.4 Å². The molecule has 29 heavy (non-hydrogen) atoms. The van der Waals surface area contributed by atoms with Crippen LogP contribution >= 0.6 is 0 Å². The van der Waals surface area contributed by atoms with E-state index in [-0.39, 0.29) is 22.9 Å². The topological polar surface area (TPSA) is 148 Å². The van der Waals surface area contributed by atoms with Gasteiger partial charge in [0.1, 0.15) is 5.69 Å². The number of hydrogen-bond donors (Lipinski definition) is 3. The number of sulfonamides is 1. The lowest BCUT2D eigenvalue weighted by atomic mass is 10.1. The van der Waals surface area contributed by atoms with Crippen LogP contribution < -0.4 is 10.5 Å². The van der Waals surface area contributed by atoms with Crippen molar-refractivity contribution in [3.8, 4) is 0 Å². The molecule has 0 aliphatic heterocycles. The van der Waals surface area contributed by atoms with Gasteiger partial charge in [0.05, 0.1) is 4.90 Å². The molecule has 0 unspecified atom stereocenters. The van der Waals surface area contributed by atoms with E-state index in [1.54, 1.807) is 26.0 Å². The maximum absolute atomic E-state index is 12.2. The van der Waals surface area contributed by atoms with Crippen molar-refractivity contribution in [2.24, 2.45) is 5.14 Å². The van der Waals surface area contributed by atoms with Crippen molar-refractivity contribution in [2.75, 3.05) is 13.2 Å². The predicted molar refractivity (Wildman–Crippen MR) is 105 cm³/mol. The highest BCUT2D eigenvalue weighted by Gasteiger charge is 2.21. The minimum Gasteiger partial charge on any atom is -0.451 e. The first-order valence-corrected chi connectivity index (χ1v) is 10.3. The normalized spacial score (nSPS) is 11.2. The van der Waals surface area contributed by atoms with Crippen molar-refractivity contribution in [2.45, 2.75) is 32.1 Å². The van der Waals surface area contributed by atoms with Crippen LogP contribution in [0.5, 0.6) is 0 Å². The summed E-state index contributed by atoms with van der Waals surface area (Å²) in [6, 6.07) is 6.00. The predicted octanol–water partition coefficient (Wildman–Crippen LogP) is 0.997. The molecule has 10 heteroatoms. The Kier molecular flexibility index (Phi) is 6.93. The van der Waals surface area contributed by atoms with Crippen LogP contribution in [0.4, 0.5) is 0 Å². The van der Waals surface area contributed by atoms with E-state index in [0.717, 1.165) is 5.56 Å². The molecule has 1 heterocycles. The zero-order valence-electron chi connectivity index (χ0n) is 16.4. The lowest BCUT2D eigenvalue weighted by Gasteiger charge is -2.07. The van der Waals surface area contributed by atoms with Crippen LogP contribution in [0, 0.1) is 13.8 Å². The van der Waals surface area contributed by atoms with Crippen LogP contribution in [0.25, 0.3) is 0 Å². The number of H-pyrrole nitrogens is 1. The molecule has 2 aromatic rings. The Labute approximate surface area is 168 Å². The summed E-state index contributed by atoms with van der Waals surface area (Å²) in [5.74, 6) is -1.36. The molecule has 4 N–H and O–H groups in total. The first kappa shape index (κ1) is 22.3. The number of rotatable bonds is 8. The van der Waals surface area contributed by atoms with E-state index in [9.17, 15) is 22.8 Å². The lowest BCUT2D eigenvalue weighted by Crippen LogP contribution is -2.30. The fraction of sp³-hybridized carbons (Fsp3) is 0.316. The van der Waals surface area contributed by atoms with Gasteiger partial charge in [-0.15, -0.1) is 0 Å². The van der Waals surface area contributed by atoms with Crippen LogP contribution in [-0.4, -0.2) is 44.2 Å². The van der Waals surface area contributed by atoms with Gasteiger partial charge in [0.2, 0.25) is 10.0 Å². The molecule has 0 saturated carbocycles. The minimum absolute atomic E-state index is 0.0139. The number of benzene rings is 1. The molecule has 156 valence electrons. The fourth-order valence-electron chi connectivity index (χ4n) is 2.93. The van der Waals surface area contributed by atoms with Gasteiger partial charge in [-0.2, -0.15) is 0 Å². The smallest absolute Gasteiger partial charge is 0.355 e. The van der Waals surface area contributed by atoms with E-state index >= 15 is 0 Å². The van der Waals surface area contributed by atoms with Crippen molar-refractivity contribution in [1.29, 1.82) is 0 Å². The van der Waals surface area contributed by atoms with E-state index in [1.165, 1.54) is 19.1 Å². The van der Waals surface area contributed by atoms with Gasteiger partial charge < -0.3 is 15.0 Å². The Balaban J connectivity index is 1.82. The molecule has 2 rings (SSSR count). The summed E-state index contributed by atoms with van der Waals surface area (Å²) in [5.41, 5.74) is 2.46. The third-order valence-electron chi connectivity index (χ3n) is 4.32. The first-order chi connectivity index (χ1) is 13.5. The van der Waals surface area contributed by atoms with Crippen LogP contribution in [-0.2, 0) is 26.0 Å². The number of amides is 1. The van der Waals surface area contributed by atoms with Gasteiger partial charge >= 0.3 is 5.97 Å². The number of primary sulfonamides is 1. The van der Waals surface area contributed by atoms with Crippen molar-refractivity contribution in [1.82, 2.24) is 10.3 Å². The number of aromatic amines is 1. The molecule has 0 fully saturated rings. The third kappa shape index (κ3) is 5.75. The second-order valence-corrected chi connectivity index (χ2v) is 8.11. The second-order valence-electron chi connectivity index (χ2n) is 6.55. The summed E-state index contributed by atoms with van der Waals surface area (Å²) in [6.07, 6.45) is 0.460. The molecule has 0 saturated heterocycles. The van der Waals surface area contributed by atoms with Crippen molar-refractivity contribution < 1.29 is 27.5 Å². The van der Waals surface area contributed by atoms with E-state index in [1.807, 2.05) is 0 Å². The molecule has 0 bridgehead atoms. The van der Waals surface area contributed by atoms with Crippen LogP contribution in [0.3, 0.4) is 0 Å². The number of aromatic nitrogens is 1. The van der Waals surface area contributed by atoms with Crippen molar-refractivity contribution in [3.05, 3.63) is 52.3 Å². The Morgan fingerprint density at radius 3 is 2.28 bits per heavy atom. The standard InChI is InChI=1S/C19H23N3O6S/c1-11-17(13(3)23)12(2)22-18(11)19(25)28-10-16(24)21-9-8-14-4-6-15(7-5-14)29(20,26)27/h4-7,22H,8-10H2,1-3H3,(H,21,24)(H2,20,26,27). The summed E-state index contributed by atoms with van der Waals surface area (Å²) in [6.45, 7) is 4.55. The number of carbonyl (C=O) groups excluding carboxylic acids is 3. The van der Waals surface area contributed by atoms with Gasteiger partial charge in [-0.25, -0.2) is 18.4 Å². The van der Waals surface area contributed by atoms with Gasteiger partial charge in [0, 0.05) is 17.8 Å². The maximum atomic E-state index is 12.2. The molecule has 1 aromatic carbocycles. The van der Waals surface area contributed by atoms with Gasteiger partial charge in [-0.3, -0.25) is 9.59 Å². The molecular weight excluding hydrogens is 398 g/mol. The molecule has 1 amide bonds. The van der Waals surface area contributed by atoms with E-state index < -0.39 is 28.5 Å². The number of Topliss-reactive ketones (excluding diaryl/α,β-unsaturated/α-hetero) is 1. The summed E-state index contributed by atoms with van der Waals surface area (Å²) in [4.78, 5) is 38.5. The highest BCUT2D eigenvalue weighted by atomic mass is 32.2. The number of aryl methyl sites for hydroxylation is 1. The van der Waals surface area contributed by atoms with Crippen LogP contribution in [0.2, 0.25) is 0 Å². The lowest BCUT2D eigenvalue weighted by molar-refractivity contribution is -0.124. The average Bonchev–Trinajstić information content (AvgIpc) is 2.94. The summed E-state index contributed by atoms with van der Waals surface area (Å²) >= 11 is 0. The first-order valence-electron chi connectivity index (χ1n) is 8.76.